The number of nitrogens with two attached hydrogens (primary N) is 1. The van der Waals surface area contributed by atoms with Crippen molar-refractivity contribution in [1.82, 2.24) is 35.2 Å². The first-order valence-electron chi connectivity index (χ1n) is 18.8. The van der Waals surface area contributed by atoms with E-state index in [1.54, 1.807) is 25.6 Å². The zero-order chi connectivity index (χ0) is 39.5. The van der Waals surface area contributed by atoms with Crippen LogP contribution in [0.15, 0.2) is 35.4 Å². The second kappa shape index (κ2) is 16.7. The van der Waals surface area contributed by atoms with Crippen molar-refractivity contribution >= 4 is 51.2 Å². The number of hydrogen-bond acceptors (Lipinski definition) is 12. The number of thioether (sulfide) groups is 1. The Morgan fingerprint density at radius 1 is 1.07 bits per heavy atom. The normalized spacial score (nSPS) is 22.7. The maximum atomic E-state index is 14.8. The minimum Gasteiger partial charge on any atom is -0.384 e. The van der Waals surface area contributed by atoms with E-state index in [1.165, 1.54) is 40.0 Å². The number of carbonyl (C=O) groups excluding carboxylic acids is 5. The Kier molecular flexibility index (Phi) is 12.4. The van der Waals surface area contributed by atoms with Crippen LogP contribution in [0.1, 0.15) is 93.7 Å². The average molecular weight is 803 g/mol. The third-order valence-corrected chi connectivity index (χ3v) is 13.6. The van der Waals surface area contributed by atoms with E-state index in [2.05, 4.69) is 25.7 Å². The molecule has 3 atom stereocenters. The molecule has 3 saturated heterocycles. The SMILES string of the molecule is CC(C)(O)c1cnnn1[C@H]1C[C@@H](C(=O)NC2(C(=O)C(N)=O)CCSCC2)N(C(=O)C(CC2CCCCC2)NC(=O)c2ccc(S(=O)(=O)NC3COC3)cc2)C1. The van der Waals surface area contributed by atoms with Crippen LogP contribution in [0.25, 0.3) is 0 Å². The van der Waals surface area contributed by atoms with E-state index in [-0.39, 0.29) is 61.4 Å². The summed E-state index contributed by atoms with van der Waals surface area (Å²) in [5, 5.41) is 24.8. The number of aromatic nitrogens is 3. The molecule has 1 aromatic heterocycles. The van der Waals surface area contributed by atoms with Gasteiger partial charge in [-0.25, -0.2) is 17.8 Å². The first-order chi connectivity index (χ1) is 26.1. The molecule has 300 valence electrons. The predicted octanol–water partition coefficient (Wildman–Crippen LogP) is 0.530. The Hall–Kier alpha value is -3.91. The fourth-order valence-electron chi connectivity index (χ4n) is 7.91. The molecule has 1 unspecified atom stereocenters. The molecular formula is C36H50N8O9S2. The van der Waals surface area contributed by atoms with Crippen LogP contribution in [-0.4, -0.2) is 118 Å². The minimum atomic E-state index is -3.84. The lowest BCUT2D eigenvalue weighted by atomic mass is 9.84. The number of ether oxygens (including phenoxy) is 1. The number of aliphatic hydroxyl groups is 1. The van der Waals surface area contributed by atoms with Gasteiger partial charge in [-0.3, -0.25) is 24.0 Å². The molecule has 1 aliphatic carbocycles. The van der Waals surface area contributed by atoms with Crippen molar-refractivity contribution in [2.45, 2.75) is 112 Å². The number of nitrogens with one attached hydrogen (secondary N) is 3. The smallest absolute Gasteiger partial charge is 0.287 e. The number of benzene rings is 1. The third-order valence-electron chi connectivity index (χ3n) is 11.1. The van der Waals surface area contributed by atoms with Crippen LogP contribution in [0.2, 0.25) is 0 Å². The van der Waals surface area contributed by atoms with Crippen LogP contribution in [0.3, 0.4) is 0 Å². The number of hydrogen-bond donors (Lipinski definition) is 5. The molecule has 1 saturated carbocycles. The summed E-state index contributed by atoms with van der Waals surface area (Å²) in [6.45, 7) is 3.67. The van der Waals surface area contributed by atoms with Crippen molar-refractivity contribution < 1.29 is 42.2 Å². The molecule has 0 spiro atoms. The lowest BCUT2D eigenvalue weighted by Crippen LogP contribution is -2.63. The van der Waals surface area contributed by atoms with E-state index in [4.69, 9.17) is 10.5 Å². The Bertz CT molecular complexity index is 1870. The van der Waals surface area contributed by atoms with E-state index in [1.807, 2.05) is 0 Å². The summed E-state index contributed by atoms with van der Waals surface area (Å²) in [4.78, 5) is 69.7. The number of rotatable bonds is 14. The van der Waals surface area contributed by atoms with Gasteiger partial charge in [-0.15, -0.1) is 5.10 Å². The second-order valence-electron chi connectivity index (χ2n) is 15.5. The summed E-state index contributed by atoms with van der Waals surface area (Å²) in [5.74, 6) is -2.68. The van der Waals surface area contributed by atoms with Gasteiger partial charge in [0.25, 0.3) is 11.8 Å². The standard InChI is InChI=1S/C36H50N8O9S2/c1-35(2,50)29-18-38-42-44(29)25-17-28(33(48)40-36(30(45)31(37)46)12-14-54-15-13-36)43(19-25)34(49)27(16-22-6-4-3-5-7-22)39-32(47)23-8-10-26(11-9-23)55(51,52)41-24-20-53-21-24/h8-11,18,22,24-25,27-28,41,50H,3-7,12-17,19-21H2,1-2H3,(H2,37,46)(H,39,47)(H,40,48)/t25-,27?,28-/m0/s1. The van der Waals surface area contributed by atoms with Crippen molar-refractivity contribution in [3.8, 4) is 0 Å². The van der Waals surface area contributed by atoms with Gasteiger partial charge in [0.1, 0.15) is 23.2 Å². The van der Waals surface area contributed by atoms with E-state index in [9.17, 15) is 37.5 Å². The summed E-state index contributed by atoms with van der Waals surface area (Å²) in [5.41, 5.74) is 3.07. The van der Waals surface area contributed by atoms with Crippen molar-refractivity contribution in [3.63, 3.8) is 0 Å². The number of nitrogens with zero attached hydrogens (tertiary/aromatic N) is 4. The number of likely N-dealkylation sites (tertiary alicyclic amines) is 1. The van der Waals surface area contributed by atoms with E-state index >= 15 is 0 Å². The van der Waals surface area contributed by atoms with Gasteiger partial charge in [-0.1, -0.05) is 37.3 Å². The number of ketones is 1. The van der Waals surface area contributed by atoms with Gasteiger partial charge in [0, 0.05) is 18.5 Å². The fourth-order valence-corrected chi connectivity index (χ4v) is 10.3. The molecule has 6 rings (SSSR count). The quantitative estimate of drug-likeness (QED) is 0.164. The number of sulfonamides is 1. The highest BCUT2D eigenvalue weighted by atomic mass is 32.2. The lowest BCUT2D eigenvalue weighted by Gasteiger charge is -2.37. The van der Waals surface area contributed by atoms with Gasteiger partial charge in [-0.05, 0) is 74.8 Å². The summed E-state index contributed by atoms with van der Waals surface area (Å²) in [6, 6.07) is 2.26. The molecule has 6 N–H and O–H groups in total. The number of Topliss-reactive ketones (excluding diaryl/α,β-unsaturated/α-hetero) is 1. The van der Waals surface area contributed by atoms with E-state index in [0.29, 0.717) is 23.6 Å². The molecule has 4 heterocycles. The molecule has 1 aromatic carbocycles. The summed E-state index contributed by atoms with van der Waals surface area (Å²) >= 11 is 1.58. The maximum Gasteiger partial charge on any atom is 0.287 e. The monoisotopic (exact) mass is 802 g/mol. The maximum absolute atomic E-state index is 14.8. The number of amides is 4. The van der Waals surface area contributed by atoms with Crippen molar-refractivity contribution in [1.29, 1.82) is 0 Å². The molecule has 4 aliphatic rings. The molecule has 17 nitrogen and oxygen atoms in total. The highest BCUT2D eigenvalue weighted by Crippen LogP contribution is 2.35. The van der Waals surface area contributed by atoms with Crippen LogP contribution >= 0.6 is 11.8 Å². The molecule has 19 heteroatoms. The Balaban J connectivity index is 1.29. The lowest BCUT2D eigenvalue weighted by molar-refractivity contribution is -0.145. The van der Waals surface area contributed by atoms with Gasteiger partial charge in [0.2, 0.25) is 27.6 Å². The van der Waals surface area contributed by atoms with Gasteiger partial charge >= 0.3 is 0 Å². The molecule has 0 bridgehead atoms. The first kappa shape index (κ1) is 40.7. The van der Waals surface area contributed by atoms with E-state index < -0.39 is 68.7 Å². The molecule has 4 amide bonds. The zero-order valence-electron chi connectivity index (χ0n) is 31.1. The number of primary amides is 1. The topological polar surface area (TPSA) is 245 Å². The van der Waals surface area contributed by atoms with Crippen molar-refractivity contribution in [2.24, 2.45) is 11.7 Å². The van der Waals surface area contributed by atoms with Gasteiger partial charge in [0.15, 0.2) is 0 Å². The highest BCUT2D eigenvalue weighted by Gasteiger charge is 2.49. The van der Waals surface area contributed by atoms with E-state index in [0.717, 1.165) is 32.1 Å². The molecule has 55 heavy (non-hydrogen) atoms. The first-order valence-corrected chi connectivity index (χ1v) is 21.4. The Morgan fingerprint density at radius 3 is 2.35 bits per heavy atom. The second-order valence-corrected chi connectivity index (χ2v) is 18.5. The van der Waals surface area contributed by atoms with Gasteiger partial charge in [-0.2, -0.15) is 11.8 Å². The van der Waals surface area contributed by atoms with Crippen LogP contribution < -0.4 is 21.1 Å². The average Bonchev–Trinajstić information content (AvgIpc) is 3.82. The molecule has 2 aromatic rings. The van der Waals surface area contributed by atoms with Crippen molar-refractivity contribution in [3.05, 3.63) is 41.7 Å². The third kappa shape index (κ3) is 9.22. The van der Waals surface area contributed by atoms with Crippen LogP contribution in [0, 0.1) is 5.92 Å². The predicted molar refractivity (Wildman–Crippen MR) is 200 cm³/mol. The largest absolute Gasteiger partial charge is 0.384 e. The van der Waals surface area contributed by atoms with Crippen LogP contribution in [0.4, 0.5) is 0 Å². The van der Waals surface area contributed by atoms with Gasteiger partial charge < -0.3 is 31.1 Å². The Morgan fingerprint density at radius 2 is 1.75 bits per heavy atom. The van der Waals surface area contributed by atoms with Crippen LogP contribution in [-0.2, 0) is 39.5 Å². The summed E-state index contributed by atoms with van der Waals surface area (Å²) in [7, 11) is -3.84. The molecule has 4 fully saturated rings. The zero-order valence-corrected chi connectivity index (χ0v) is 32.7. The fraction of sp³-hybridized carbons (Fsp3) is 0.639. The minimum absolute atomic E-state index is 0.0227. The Labute approximate surface area is 324 Å². The highest BCUT2D eigenvalue weighted by molar-refractivity contribution is 7.99. The van der Waals surface area contributed by atoms with Crippen LogP contribution in [0.5, 0.6) is 0 Å². The molecular weight excluding hydrogens is 753 g/mol. The molecule has 0 radical (unpaired) electrons. The number of carbonyl (C=O) groups is 5. The van der Waals surface area contributed by atoms with Gasteiger partial charge in [0.05, 0.1) is 42.1 Å². The van der Waals surface area contributed by atoms with Crippen molar-refractivity contribution in [2.75, 3.05) is 31.3 Å². The molecule has 3 aliphatic heterocycles. The summed E-state index contributed by atoms with van der Waals surface area (Å²) in [6.07, 6.45) is 6.89. The summed E-state index contributed by atoms with van der Waals surface area (Å²) < 4.78 is 34.8.